The highest BCUT2D eigenvalue weighted by Crippen LogP contribution is 1.83. The van der Waals surface area contributed by atoms with Crippen LogP contribution in [0, 0.1) is 0 Å². The number of rotatable bonds is 1. The second-order valence-corrected chi connectivity index (χ2v) is 1.73. The van der Waals surface area contributed by atoms with E-state index in [-0.39, 0.29) is 0 Å². The van der Waals surface area contributed by atoms with Crippen LogP contribution in [0.2, 0.25) is 0 Å². The molecular formula is C5H11NO. The van der Waals surface area contributed by atoms with Crippen LogP contribution in [0.3, 0.4) is 0 Å². The van der Waals surface area contributed by atoms with Crippen LogP contribution in [0.5, 0.6) is 0 Å². The Bertz CT molecular complexity index is 72.1. The Hall–Kier alpha value is -0.660. The summed E-state index contributed by atoms with van der Waals surface area (Å²) < 4.78 is 0. The van der Waals surface area contributed by atoms with E-state index in [9.17, 15) is 0 Å². The number of aliphatic hydroxyl groups excluding tert-OH is 1. The summed E-state index contributed by atoms with van der Waals surface area (Å²) in [6, 6.07) is 0. The van der Waals surface area contributed by atoms with E-state index in [1.165, 1.54) is 0 Å². The highest BCUT2D eigenvalue weighted by atomic mass is 16.3. The smallest absolute Gasteiger partial charge is 0.105 e. The molecule has 0 radical (unpaired) electrons. The second kappa shape index (κ2) is 2.50. The quantitative estimate of drug-likeness (QED) is 0.497. The van der Waals surface area contributed by atoms with Crippen LogP contribution in [0.4, 0.5) is 0 Å². The average molecular weight is 101 g/mol. The lowest BCUT2D eigenvalue weighted by Crippen LogP contribution is -2.01. The van der Waals surface area contributed by atoms with Gasteiger partial charge in [-0.25, -0.2) is 0 Å². The Balaban J connectivity index is 3.45. The first-order valence-corrected chi connectivity index (χ1v) is 2.16. The molecule has 0 saturated heterocycles. The normalized spacial score (nSPS) is 11.6. The molecule has 2 nitrogen and oxygen atoms in total. The minimum Gasteiger partial charge on any atom is -0.511 e. The third-order valence-corrected chi connectivity index (χ3v) is 0.445. The summed E-state index contributed by atoms with van der Waals surface area (Å²) in [6.45, 7) is 1.64. The Kier molecular flexibility index (Phi) is 2.27. The van der Waals surface area contributed by atoms with Crippen molar-refractivity contribution in [2.75, 3.05) is 14.1 Å². The van der Waals surface area contributed by atoms with Crippen LogP contribution in [-0.2, 0) is 0 Å². The average Bonchev–Trinajstić information content (AvgIpc) is 1.27. The largest absolute Gasteiger partial charge is 0.511 e. The molecule has 0 bridgehead atoms. The number of aliphatic hydroxyl groups is 1. The van der Waals surface area contributed by atoms with Gasteiger partial charge >= 0.3 is 0 Å². The molecule has 0 amide bonds. The Labute approximate surface area is 44.1 Å². The highest BCUT2D eigenvalue weighted by molar-refractivity contribution is 4.82. The standard InChI is InChI=1S/C5H11NO/c1-5(7)4-6(2)3/h4,7H,1-3H3/b5-4+. The second-order valence-electron chi connectivity index (χ2n) is 1.73. The van der Waals surface area contributed by atoms with E-state index in [4.69, 9.17) is 5.11 Å². The number of nitrogens with zero attached hydrogens (tertiary/aromatic N) is 1. The molecule has 0 rings (SSSR count). The predicted octanol–water partition coefficient (Wildman–Crippen LogP) is 0.967. The Morgan fingerprint density at radius 2 is 2.00 bits per heavy atom. The van der Waals surface area contributed by atoms with Crippen molar-refractivity contribution in [3.8, 4) is 0 Å². The van der Waals surface area contributed by atoms with Gasteiger partial charge in [0.15, 0.2) is 0 Å². The topological polar surface area (TPSA) is 23.5 Å². The molecule has 0 heterocycles. The zero-order valence-electron chi connectivity index (χ0n) is 4.97. The van der Waals surface area contributed by atoms with Gasteiger partial charge in [-0.05, 0) is 6.92 Å². The monoisotopic (exact) mass is 101 g/mol. The lowest BCUT2D eigenvalue weighted by molar-refractivity contribution is 0.391. The van der Waals surface area contributed by atoms with Crippen LogP contribution < -0.4 is 0 Å². The molecule has 0 spiro atoms. The van der Waals surface area contributed by atoms with Gasteiger partial charge in [-0.2, -0.15) is 0 Å². The van der Waals surface area contributed by atoms with Crippen molar-refractivity contribution in [1.82, 2.24) is 4.90 Å². The fraction of sp³-hybridized carbons (Fsp3) is 0.600. The summed E-state index contributed by atoms with van der Waals surface area (Å²) in [6.07, 6.45) is 1.64. The molecule has 0 aromatic rings. The fourth-order valence-corrected chi connectivity index (χ4v) is 0.374. The van der Waals surface area contributed by atoms with Gasteiger partial charge in [0.25, 0.3) is 0 Å². The van der Waals surface area contributed by atoms with Crippen molar-refractivity contribution < 1.29 is 5.11 Å². The van der Waals surface area contributed by atoms with Gasteiger partial charge in [0.2, 0.25) is 0 Å². The third-order valence-electron chi connectivity index (χ3n) is 0.445. The van der Waals surface area contributed by atoms with E-state index >= 15 is 0 Å². The van der Waals surface area contributed by atoms with Gasteiger partial charge in [0.05, 0.1) is 0 Å². The molecule has 0 unspecified atom stereocenters. The number of hydrogen-bond donors (Lipinski definition) is 1. The highest BCUT2D eigenvalue weighted by Gasteiger charge is 1.77. The minimum atomic E-state index is 0.338. The summed E-state index contributed by atoms with van der Waals surface area (Å²) >= 11 is 0. The van der Waals surface area contributed by atoms with E-state index in [0.717, 1.165) is 0 Å². The maximum Gasteiger partial charge on any atom is 0.105 e. The number of allylic oxidation sites excluding steroid dienone is 1. The van der Waals surface area contributed by atoms with Crippen LogP contribution in [0.25, 0.3) is 0 Å². The zero-order valence-corrected chi connectivity index (χ0v) is 4.97. The van der Waals surface area contributed by atoms with E-state index < -0.39 is 0 Å². The van der Waals surface area contributed by atoms with E-state index in [1.54, 1.807) is 18.0 Å². The van der Waals surface area contributed by atoms with Gasteiger partial charge in [-0.3, -0.25) is 0 Å². The summed E-state index contributed by atoms with van der Waals surface area (Å²) in [4.78, 5) is 1.79. The molecule has 0 aliphatic heterocycles. The van der Waals surface area contributed by atoms with Crippen molar-refractivity contribution in [3.05, 3.63) is 12.0 Å². The summed E-state index contributed by atoms with van der Waals surface area (Å²) in [5.74, 6) is 0.338. The van der Waals surface area contributed by atoms with Crippen molar-refractivity contribution in [1.29, 1.82) is 0 Å². The van der Waals surface area contributed by atoms with Crippen LogP contribution >= 0.6 is 0 Å². The summed E-state index contributed by atoms with van der Waals surface area (Å²) in [5.41, 5.74) is 0. The molecule has 0 aromatic heterocycles. The van der Waals surface area contributed by atoms with Gasteiger partial charge in [-0.15, -0.1) is 0 Å². The lowest BCUT2D eigenvalue weighted by Gasteiger charge is -2.02. The van der Waals surface area contributed by atoms with Crippen LogP contribution in [0.15, 0.2) is 12.0 Å². The Morgan fingerprint density at radius 1 is 1.57 bits per heavy atom. The van der Waals surface area contributed by atoms with Crippen molar-refractivity contribution in [2.45, 2.75) is 6.92 Å². The van der Waals surface area contributed by atoms with Crippen molar-refractivity contribution in [3.63, 3.8) is 0 Å². The minimum absolute atomic E-state index is 0.338. The molecule has 1 N–H and O–H groups in total. The Morgan fingerprint density at radius 3 is 2.00 bits per heavy atom. The first kappa shape index (κ1) is 6.34. The van der Waals surface area contributed by atoms with Gasteiger partial charge in [0.1, 0.15) is 5.76 Å². The molecular weight excluding hydrogens is 90.1 g/mol. The SMILES string of the molecule is C/C(O)=C\N(C)C. The lowest BCUT2D eigenvalue weighted by atomic mass is 10.6. The maximum absolute atomic E-state index is 8.54. The molecule has 0 fully saturated rings. The van der Waals surface area contributed by atoms with Gasteiger partial charge in [0, 0.05) is 20.3 Å². The van der Waals surface area contributed by atoms with Crippen molar-refractivity contribution >= 4 is 0 Å². The first-order valence-electron chi connectivity index (χ1n) is 2.16. The number of hydrogen-bond acceptors (Lipinski definition) is 2. The summed E-state index contributed by atoms with van der Waals surface area (Å²) in [5, 5.41) is 8.54. The predicted molar refractivity (Wildman–Crippen MR) is 30.1 cm³/mol. The molecule has 0 saturated carbocycles. The maximum atomic E-state index is 8.54. The zero-order chi connectivity index (χ0) is 5.86. The van der Waals surface area contributed by atoms with Crippen LogP contribution in [0.1, 0.15) is 6.92 Å². The molecule has 0 aliphatic rings. The van der Waals surface area contributed by atoms with E-state index in [1.807, 2.05) is 14.1 Å². The third kappa shape index (κ3) is 5.34. The first-order chi connectivity index (χ1) is 3.13. The van der Waals surface area contributed by atoms with E-state index in [0.29, 0.717) is 5.76 Å². The van der Waals surface area contributed by atoms with Crippen molar-refractivity contribution in [2.24, 2.45) is 0 Å². The molecule has 2 heteroatoms. The molecule has 7 heavy (non-hydrogen) atoms. The molecule has 0 aliphatic carbocycles. The van der Waals surface area contributed by atoms with E-state index in [2.05, 4.69) is 0 Å². The molecule has 0 atom stereocenters. The molecule has 42 valence electrons. The van der Waals surface area contributed by atoms with Gasteiger partial charge in [-0.1, -0.05) is 0 Å². The summed E-state index contributed by atoms with van der Waals surface area (Å²) in [7, 11) is 3.72. The molecule has 0 aromatic carbocycles. The van der Waals surface area contributed by atoms with Gasteiger partial charge < -0.3 is 10.0 Å². The van der Waals surface area contributed by atoms with Crippen LogP contribution in [-0.4, -0.2) is 24.1 Å². The fourth-order valence-electron chi connectivity index (χ4n) is 0.374.